The maximum atomic E-state index is 14.4. The fraction of sp³-hybridized carbons (Fsp3) is 0.188. The highest BCUT2D eigenvalue weighted by Crippen LogP contribution is 2.38. The van der Waals surface area contributed by atoms with Crippen LogP contribution in [0.15, 0.2) is 121 Å². The highest BCUT2D eigenvalue weighted by Gasteiger charge is 2.40. The molecule has 4 nitrogen and oxygen atoms in total. The lowest BCUT2D eigenvalue weighted by Gasteiger charge is -2.34. The van der Waals surface area contributed by atoms with Crippen molar-refractivity contribution in [1.29, 1.82) is 0 Å². The molecule has 4 aromatic carbocycles. The summed E-state index contributed by atoms with van der Waals surface area (Å²) in [5.74, 6) is -1.58. The van der Waals surface area contributed by atoms with Crippen LogP contribution in [0.25, 0.3) is 0 Å². The maximum absolute atomic E-state index is 14.4. The largest absolute Gasteiger partial charge is 0.312 e. The summed E-state index contributed by atoms with van der Waals surface area (Å²) in [6, 6.07) is 38.7. The Morgan fingerprint density at radius 2 is 0.778 bits per heavy atom. The van der Waals surface area contributed by atoms with Gasteiger partial charge in [-0.2, -0.15) is 0 Å². The topological polar surface area (TPSA) is 40.6 Å². The molecule has 36 heavy (non-hydrogen) atoms. The predicted molar refractivity (Wildman–Crippen MR) is 147 cm³/mol. The first-order valence-electron chi connectivity index (χ1n) is 12.5. The van der Waals surface area contributed by atoms with Gasteiger partial charge in [0.2, 0.25) is 11.8 Å². The molecule has 0 bridgehead atoms. The first kappa shape index (κ1) is 24.9. The third kappa shape index (κ3) is 5.38. The summed E-state index contributed by atoms with van der Waals surface area (Å²) < 4.78 is 0. The van der Waals surface area contributed by atoms with Crippen LogP contribution in [0.4, 0.5) is 11.4 Å². The van der Waals surface area contributed by atoms with Crippen LogP contribution in [0.1, 0.15) is 36.8 Å². The summed E-state index contributed by atoms with van der Waals surface area (Å²) in [7, 11) is 0. The predicted octanol–water partition coefficient (Wildman–Crippen LogP) is 6.66. The minimum atomic E-state index is -0.695. The molecule has 0 fully saturated rings. The van der Waals surface area contributed by atoms with Crippen molar-refractivity contribution in [1.82, 2.24) is 0 Å². The Balaban J connectivity index is 1.87. The van der Waals surface area contributed by atoms with Gasteiger partial charge in [0.15, 0.2) is 0 Å². The van der Waals surface area contributed by atoms with E-state index in [9.17, 15) is 9.59 Å². The van der Waals surface area contributed by atoms with Gasteiger partial charge in [-0.25, -0.2) is 0 Å². The van der Waals surface area contributed by atoms with Crippen LogP contribution >= 0.6 is 0 Å². The Kier molecular flexibility index (Phi) is 8.30. The van der Waals surface area contributed by atoms with E-state index in [1.165, 1.54) is 0 Å². The van der Waals surface area contributed by atoms with Gasteiger partial charge in [-0.3, -0.25) is 9.59 Å². The minimum Gasteiger partial charge on any atom is -0.312 e. The number of para-hydroxylation sites is 2. The number of nitrogens with zero attached hydrogens (tertiary/aromatic N) is 2. The summed E-state index contributed by atoms with van der Waals surface area (Å²) in [6.07, 6.45) is 0. The minimum absolute atomic E-state index is 0.0961. The summed E-state index contributed by atoms with van der Waals surface area (Å²) in [6.45, 7) is 4.93. The third-order valence-corrected chi connectivity index (χ3v) is 6.48. The van der Waals surface area contributed by atoms with E-state index in [0.29, 0.717) is 13.1 Å². The first-order valence-corrected chi connectivity index (χ1v) is 12.5. The molecule has 0 unspecified atom stereocenters. The molecule has 0 aliphatic rings. The first-order chi connectivity index (χ1) is 17.7. The van der Waals surface area contributed by atoms with E-state index in [-0.39, 0.29) is 11.8 Å². The van der Waals surface area contributed by atoms with Crippen LogP contribution in [-0.2, 0) is 9.59 Å². The Hall–Kier alpha value is -4.18. The molecule has 2 amide bonds. The number of amides is 2. The number of hydrogen-bond donors (Lipinski definition) is 0. The Morgan fingerprint density at radius 1 is 0.500 bits per heavy atom. The standard InChI is InChI=1S/C32H32N2O2/c1-3-33(27-21-13-7-14-22-27)31(35)29(25-17-9-5-10-18-25)30(26-19-11-6-12-20-26)32(36)34(4-2)28-23-15-8-16-24-28/h5-24,29-30H,3-4H2,1-2H3/t29-,30-/m1/s1. The molecule has 0 saturated carbocycles. The van der Waals surface area contributed by atoms with E-state index in [2.05, 4.69) is 0 Å². The lowest BCUT2D eigenvalue weighted by atomic mass is 9.79. The molecule has 0 aliphatic heterocycles. The van der Waals surface area contributed by atoms with Crippen molar-refractivity contribution in [3.8, 4) is 0 Å². The number of carbonyl (C=O) groups excluding carboxylic acids is 2. The van der Waals surface area contributed by atoms with Crippen molar-refractivity contribution in [2.45, 2.75) is 25.7 Å². The molecule has 0 aromatic heterocycles. The smallest absolute Gasteiger partial charge is 0.235 e. The fourth-order valence-corrected chi connectivity index (χ4v) is 4.76. The van der Waals surface area contributed by atoms with E-state index >= 15 is 0 Å². The van der Waals surface area contributed by atoms with E-state index < -0.39 is 11.8 Å². The molecule has 4 rings (SSSR count). The summed E-state index contributed by atoms with van der Waals surface area (Å²) in [5, 5.41) is 0. The van der Waals surface area contributed by atoms with Gasteiger partial charge in [0.05, 0.1) is 11.8 Å². The molecule has 2 atom stereocenters. The van der Waals surface area contributed by atoms with Crippen LogP contribution in [0.5, 0.6) is 0 Å². The molecule has 4 heteroatoms. The molecule has 0 spiro atoms. The normalized spacial score (nSPS) is 12.4. The SMILES string of the molecule is CCN(C(=O)[C@H](c1ccccc1)[C@H](C(=O)N(CC)c1ccccc1)c1ccccc1)c1ccccc1. The molecular weight excluding hydrogens is 444 g/mol. The van der Waals surface area contributed by atoms with Crippen molar-refractivity contribution in [2.24, 2.45) is 0 Å². The number of benzene rings is 4. The van der Waals surface area contributed by atoms with Crippen molar-refractivity contribution < 1.29 is 9.59 Å². The van der Waals surface area contributed by atoms with Crippen molar-refractivity contribution >= 4 is 23.2 Å². The van der Waals surface area contributed by atoms with E-state index in [1.54, 1.807) is 9.80 Å². The van der Waals surface area contributed by atoms with Crippen LogP contribution in [0.2, 0.25) is 0 Å². The number of hydrogen-bond acceptors (Lipinski definition) is 2. The summed E-state index contributed by atoms with van der Waals surface area (Å²) in [4.78, 5) is 32.3. The van der Waals surface area contributed by atoms with Crippen molar-refractivity contribution in [3.05, 3.63) is 132 Å². The zero-order valence-corrected chi connectivity index (χ0v) is 20.8. The zero-order chi connectivity index (χ0) is 25.3. The number of carbonyl (C=O) groups is 2. The Labute approximate surface area is 213 Å². The van der Waals surface area contributed by atoms with Crippen LogP contribution < -0.4 is 9.80 Å². The summed E-state index contributed by atoms with van der Waals surface area (Å²) >= 11 is 0. The quantitative estimate of drug-likeness (QED) is 0.271. The zero-order valence-electron chi connectivity index (χ0n) is 20.8. The van der Waals surface area contributed by atoms with E-state index in [1.807, 2.05) is 135 Å². The summed E-state index contributed by atoms with van der Waals surface area (Å²) in [5.41, 5.74) is 3.28. The van der Waals surface area contributed by atoms with Gasteiger partial charge in [0, 0.05) is 24.5 Å². The van der Waals surface area contributed by atoms with Gasteiger partial charge >= 0.3 is 0 Å². The molecule has 0 heterocycles. The highest BCUT2D eigenvalue weighted by molar-refractivity contribution is 6.06. The average molecular weight is 477 g/mol. The molecular formula is C32H32N2O2. The van der Waals surface area contributed by atoms with Gasteiger partial charge < -0.3 is 9.80 Å². The second-order valence-electron chi connectivity index (χ2n) is 8.61. The highest BCUT2D eigenvalue weighted by atomic mass is 16.2. The molecule has 182 valence electrons. The van der Waals surface area contributed by atoms with Gasteiger partial charge in [-0.15, -0.1) is 0 Å². The van der Waals surface area contributed by atoms with Gasteiger partial charge in [0.25, 0.3) is 0 Å². The van der Waals surface area contributed by atoms with E-state index in [4.69, 9.17) is 0 Å². The number of likely N-dealkylation sites (N-methyl/N-ethyl adjacent to an activating group) is 2. The van der Waals surface area contributed by atoms with Crippen LogP contribution in [-0.4, -0.2) is 24.9 Å². The van der Waals surface area contributed by atoms with Crippen LogP contribution in [0, 0.1) is 0 Å². The Morgan fingerprint density at radius 3 is 1.06 bits per heavy atom. The van der Waals surface area contributed by atoms with Crippen molar-refractivity contribution in [2.75, 3.05) is 22.9 Å². The second kappa shape index (κ2) is 12.0. The van der Waals surface area contributed by atoms with Gasteiger partial charge in [-0.05, 0) is 49.2 Å². The lowest BCUT2D eigenvalue weighted by Crippen LogP contribution is -2.43. The molecule has 0 aliphatic carbocycles. The van der Waals surface area contributed by atoms with E-state index in [0.717, 1.165) is 22.5 Å². The van der Waals surface area contributed by atoms with Gasteiger partial charge in [0.1, 0.15) is 0 Å². The molecule has 0 N–H and O–H groups in total. The Bertz CT molecular complexity index is 1140. The molecule has 0 radical (unpaired) electrons. The maximum Gasteiger partial charge on any atom is 0.235 e. The lowest BCUT2D eigenvalue weighted by molar-refractivity contribution is -0.126. The fourth-order valence-electron chi connectivity index (χ4n) is 4.76. The third-order valence-electron chi connectivity index (χ3n) is 6.48. The number of anilines is 2. The monoisotopic (exact) mass is 476 g/mol. The molecule has 0 saturated heterocycles. The van der Waals surface area contributed by atoms with Crippen LogP contribution in [0.3, 0.4) is 0 Å². The number of rotatable bonds is 9. The average Bonchev–Trinajstić information content (AvgIpc) is 2.94. The van der Waals surface area contributed by atoms with Crippen molar-refractivity contribution in [3.63, 3.8) is 0 Å². The molecule has 4 aromatic rings. The van der Waals surface area contributed by atoms with Gasteiger partial charge in [-0.1, -0.05) is 97.1 Å². The second-order valence-corrected chi connectivity index (χ2v) is 8.61.